The van der Waals surface area contributed by atoms with Crippen LogP contribution in [0.25, 0.3) is 0 Å². The lowest BCUT2D eigenvalue weighted by Crippen LogP contribution is -2.36. The number of carbonyl (C=O) groups excluding carboxylic acids is 1. The Morgan fingerprint density at radius 1 is 1.08 bits per heavy atom. The van der Waals surface area contributed by atoms with Crippen molar-refractivity contribution >= 4 is 15.9 Å². The van der Waals surface area contributed by atoms with Gasteiger partial charge < -0.3 is 10.1 Å². The van der Waals surface area contributed by atoms with Crippen molar-refractivity contribution in [3.05, 3.63) is 66.0 Å². The summed E-state index contributed by atoms with van der Waals surface area (Å²) in [5.41, 5.74) is -0.171. The molecule has 0 heterocycles. The molecule has 5 nitrogen and oxygen atoms in total. The molecule has 0 aliphatic carbocycles. The van der Waals surface area contributed by atoms with Gasteiger partial charge in [0.05, 0.1) is 4.90 Å². The van der Waals surface area contributed by atoms with Crippen LogP contribution in [0.3, 0.4) is 0 Å². The summed E-state index contributed by atoms with van der Waals surface area (Å²) in [6.45, 7) is 4.99. The van der Waals surface area contributed by atoms with E-state index < -0.39 is 32.6 Å². The van der Waals surface area contributed by atoms with Crippen molar-refractivity contribution in [3.63, 3.8) is 0 Å². The van der Waals surface area contributed by atoms with Crippen molar-refractivity contribution < 1.29 is 22.3 Å². The normalized spacial score (nSPS) is 13.1. The maximum atomic E-state index is 13.1. The Labute approximate surface area is 153 Å². The Bertz CT molecular complexity index is 843. The van der Waals surface area contributed by atoms with E-state index >= 15 is 0 Å². The maximum absolute atomic E-state index is 13.1. The SMILES string of the molecule is CC(C)(C)OC(=O)NCC(c1ccccc1)S(=O)(=O)c1ccc(F)cc1. The van der Waals surface area contributed by atoms with E-state index in [1.165, 1.54) is 12.1 Å². The molecule has 2 rings (SSSR count). The van der Waals surface area contributed by atoms with E-state index in [2.05, 4.69) is 5.32 Å². The quantitative estimate of drug-likeness (QED) is 0.801. The minimum absolute atomic E-state index is 0.0151. The molecule has 140 valence electrons. The number of benzene rings is 2. The van der Waals surface area contributed by atoms with Crippen molar-refractivity contribution in [3.8, 4) is 0 Å². The average Bonchev–Trinajstić information content (AvgIpc) is 2.54. The van der Waals surface area contributed by atoms with Crippen LogP contribution in [-0.4, -0.2) is 26.7 Å². The van der Waals surface area contributed by atoms with Crippen molar-refractivity contribution in [1.82, 2.24) is 5.32 Å². The summed E-state index contributed by atoms with van der Waals surface area (Å²) in [4.78, 5) is 11.9. The zero-order valence-corrected chi connectivity index (χ0v) is 15.7. The zero-order chi connectivity index (χ0) is 19.4. The van der Waals surface area contributed by atoms with Crippen LogP contribution in [0, 0.1) is 5.82 Å². The lowest BCUT2D eigenvalue weighted by atomic mass is 10.1. The average molecular weight is 379 g/mol. The fourth-order valence-corrected chi connectivity index (χ4v) is 4.02. The van der Waals surface area contributed by atoms with E-state index in [0.717, 1.165) is 12.1 Å². The third-order valence-corrected chi connectivity index (χ3v) is 5.64. The molecule has 1 N–H and O–H groups in total. The van der Waals surface area contributed by atoms with Gasteiger partial charge in [-0.3, -0.25) is 0 Å². The topological polar surface area (TPSA) is 72.5 Å². The van der Waals surface area contributed by atoms with Gasteiger partial charge in [-0.25, -0.2) is 17.6 Å². The van der Waals surface area contributed by atoms with Crippen molar-refractivity contribution in [1.29, 1.82) is 0 Å². The third-order valence-electron chi connectivity index (χ3n) is 3.52. The van der Waals surface area contributed by atoms with E-state index in [1.807, 2.05) is 0 Å². The highest BCUT2D eigenvalue weighted by Crippen LogP contribution is 2.28. The number of sulfone groups is 1. The number of nitrogens with one attached hydrogen (secondary N) is 1. The van der Waals surface area contributed by atoms with Crippen LogP contribution in [0.5, 0.6) is 0 Å². The van der Waals surface area contributed by atoms with Crippen LogP contribution in [0.15, 0.2) is 59.5 Å². The molecule has 2 aromatic rings. The first kappa shape index (κ1) is 19.9. The summed E-state index contributed by atoms with van der Waals surface area (Å²) in [7, 11) is -3.85. The molecule has 1 unspecified atom stereocenters. The number of hydrogen-bond donors (Lipinski definition) is 1. The van der Waals surface area contributed by atoms with E-state index in [1.54, 1.807) is 51.1 Å². The molecule has 2 aromatic carbocycles. The van der Waals surface area contributed by atoms with Gasteiger partial charge in [0.15, 0.2) is 9.84 Å². The second-order valence-electron chi connectivity index (χ2n) is 6.78. The summed E-state index contributed by atoms with van der Waals surface area (Å²) in [6.07, 6.45) is -0.701. The van der Waals surface area contributed by atoms with Crippen molar-refractivity contribution in [2.24, 2.45) is 0 Å². The van der Waals surface area contributed by atoms with E-state index in [4.69, 9.17) is 4.74 Å². The number of halogens is 1. The van der Waals surface area contributed by atoms with Gasteiger partial charge in [-0.15, -0.1) is 0 Å². The number of carbonyl (C=O) groups is 1. The number of rotatable bonds is 5. The molecule has 0 bridgehead atoms. The van der Waals surface area contributed by atoms with Gasteiger partial charge in [-0.05, 0) is 50.6 Å². The Kier molecular flexibility index (Phi) is 6.02. The molecule has 0 saturated heterocycles. The number of amides is 1. The Hall–Kier alpha value is -2.41. The van der Waals surface area contributed by atoms with Gasteiger partial charge in [-0.1, -0.05) is 30.3 Å². The first-order chi connectivity index (χ1) is 12.1. The molecule has 0 fully saturated rings. The first-order valence-electron chi connectivity index (χ1n) is 8.11. The molecule has 0 saturated carbocycles. The van der Waals surface area contributed by atoms with Crippen LogP contribution in [0.1, 0.15) is 31.6 Å². The predicted molar refractivity (Wildman–Crippen MR) is 97.0 cm³/mol. The highest BCUT2D eigenvalue weighted by Gasteiger charge is 2.30. The number of hydrogen-bond acceptors (Lipinski definition) is 4. The maximum Gasteiger partial charge on any atom is 0.407 e. The molecule has 0 aromatic heterocycles. The minimum atomic E-state index is -3.85. The molecule has 7 heteroatoms. The molecular weight excluding hydrogens is 357 g/mol. The van der Waals surface area contributed by atoms with Gasteiger partial charge in [0.2, 0.25) is 0 Å². The summed E-state index contributed by atoms with van der Waals surface area (Å²) < 4.78 is 44.4. The van der Waals surface area contributed by atoms with Gasteiger partial charge in [0.25, 0.3) is 0 Å². The van der Waals surface area contributed by atoms with Gasteiger partial charge >= 0.3 is 6.09 Å². The van der Waals surface area contributed by atoms with Crippen LogP contribution in [-0.2, 0) is 14.6 Å². The predicted octanol–water partition coefficient (Wildman–Crippen LogP) is 3.87. The lowest BCUT2D eigenvalue weighted by Gasteiger charge is -2.22. The Balaban J connectivity index is 2.30. The van der Waals surface area contributed by atoms with Crippen LogP contribution < -0.4 is 5.32 Å². The van der Waals surface area contributed by atoms with Gasteiger partial charge in [0.1, 0.15) is 16.7 Å². The molecular formula is C19H22FNO4S. The fraction of sp³-hybridized carbons (Fsp3) is 0.316. The molecule has 0 aliphatic heterocycles. The number of alkyl carbamates (subject to hydrolysis) is 1. The number of ether oxygens (including phenoxy) is 1. The third kappa shape index (κ3) is 5.29. The fourth-order valence-electron chi connectivity index (χ4n) is 2.35. The molecule has 0 radical (unpaired) electrons. The standard InChI is InChI=1S/C19H22FNO4S/c1-19(2,3)25-18(22)21-13-17(14-7-5-4-6-8-14)26(23,24)16-11-9-15(20)10-12-16/h4-12,17H,13H2,1-3H3,(H,21,22). The van der Waals surface area contributed by atoms with E-state index in [0.29, 0.717) is 5.56 Å². The van der Waals surface area contributed by atoms with Crippen LogP contribution in [0.4, 0.5) is 9.18 Å². The molecule has 1 amide bonds. The van der Waals surface area contributed by atoms with E-state index in [-0.39, 0.29) is 11.4 Å². The minimum Gasteiger partial charge on any atom is -0.444 e. The molecule has 0 spiro atoms. The first-order valence-corrected chi connectivity index (χ1v) is 9.65. The van der Waals surface area contributed by atoms with Crippen molar-refractivity contribution in [2.75, 3.05) is 6.54 Å². The van der Waals surface area contributed by atoms with Gasteiger partial charge in [-0.2, -0.15) is 0 Å². The monoisotopic (exact) mass is 379 g/mol. The summed E-state index contributed by atoms with van der Waals surface area (Å²) in [6, 6.07) is 13.2. The zero-order valence-electron chi connectivity index (χ0n) is 14.9. The molecule has 0 aliphatic rings. The van der Waals surface area contributed by atoms with Crippen LogP contribution in [0.2, 0.25) is 0 Å². The largest absolute Gasteiger partial charge is 0.444 e. The van der Waals surface area contributed by atoms with Crippen molar-refractivity contribution in [2.45, 2.75) is 36.5 Å². The highest BCUT2D eigenvalue weighted by molar-refractivity contribution is 7.91. The second kappa shape index (κ2) is 7.86. The Morgan fingerprint density at radius 2 is 1.65 bits per heavy atom. The Morgan fingerprint density at radius 3 is 2.19 bits per heavy atom. The summed E-state index contributed by atoms with van der Waals surface area (Å²) in [5.74, 6) is -0.521. The van der Waals surface area contributed by atoms with E-state index in [9.17, 15) is 17.6 Å². The second-order valence-corrected chi connectivity index (χ2v) is 8.91. The van der Waals surface area contributed by atoms with Gasteiger partial charge in [0, 0.05) is 6.54 Å². The highest BCUT2D eigenvalue weighted by atomic mass is 32.2. The summed E-state index contributed by atoms with van der Waals surface area (Å²) >= 11 is 0. The lowest BCUT2D eigenvalue weighted by molar-refractivity contribution is 0.0528. The van der Waals surface area contributed by atoms with Crippen LogP contribution >= 0.6 is 0 Å². The smallest absolute Gasteiger partial charge is 0.407 e. The summed E-state index contributed by atoms with van der Waals surface area (Å²) in [5, 5.41) is 1.48. The molecule has 1 atom stereocenters. The molecule has 26 heavy (non-hydrogen) atoms.